The van der Waals surface area contributed by atoms with Gasteiger partial charge in [0, 0.05) is 23.5 Å². The van der Waals surface area contributed by atoms with E-state index in [9.17, 15) is 19.8 Å². The molecule has 0 aromatic heterocycles. The van der Waals surface area contributed by atoms with Crippen molar-refractivity contribution < 1.29 is 19.8 Å². The molecule has 0 aliphatic carbocycles. The zero-order chi connectivity index (χ0) is 11.4. The number of carbonyl (C=O) groups excluding carboxylic acids is 2. The number of rotatable bonds is 4. The third-order valence-corrected chi connectivity index (χ3v) is 1.99. The first kappa shape index (κ1) is 11.0. The van der Waals surface area contributed by atoms with Gasteiger partial charge in [0.1, 0.15) is 0 Å². The lowest BCUT2D eigenvalue weighted by molar-refractivity contribution is -0.317. The average Bonchev–Trinajstić information content (AvgIpc) is 2.15. The van der Waals surface area contributed by atoms with Crippen LogP contribution in [0.1, 0.15) is 17.9 Å². The van der Waals surface area contributed by atoms with E-state index in [1.807, 2.05) is 0 Å². The lowest BCUT2D eigenvalue weighted by Gasteiger charge is -2.18. The minimum atomic E-state index is -1.44. The van der Waals surface area contributed by atoms with Crippen LogP contribution in [0.5, 0.6) is 0 Å². The van der Waals surface area contributed by atoms with Gasteiger partial charge in [-0.1, -0.05) is 12.1 Å². The third kappa shape index (κ3) is 2.98. The Kier molecular flexibility index (Phi) is 3.28. The molecular formula is C10H9NO4-2. The number of nitrogens with two attached hydrogens (primary N) is 1. The molecule has 0 heterocycles. The minimum Gasteiger partial charge on any atom is -0.550 e. The van der Waals surface area contributed by atoms with Gasteiger partial charge >= 0.3 is 0 Å². The second kappa shape index (κ2) is 4.45. The molecule has 80 valence electrons. The van der Waals surface area contributed by atoms with Gasteiger partial charge in [0.05, 0.1) is 0 Å². The highest BCUT2D eigenvalue weighted by molar-refractivity contribution is 5.80. The Bertz CT molecular complexity index is 372. The first-order chi connectivity index (χ1) is 7.00. The molecular weight excluding hydrogens is 198 g/mol. The Balaban J connectivity index is 2.94. The van der Waals surface area contributed by atoms with Crippen molar-refractivity contribution in [3.63, 3.8) is 0 Å². The number of carbonyl (C=O) groups is 2. The fraction of sp³-hybridized carbons (Fsp3) is 0.200. The van der Waals surface area contributed by atoms with Crippen LogP contribution in [0.25, 0.3) is 0 Å². The highest BCUT2D eigenvalue weighted by Crippen LogP contribution is 2.19. The van der Waals surface area contributed by atoms with E-state index in [1.54, 1.807) is 0 Å². The minimum absolute atomic E-state index is 0.341. The second-order valence-electron chi connectivity index (χ2n) is 3.11. The molecule has 0 spiro atoms. The summed E-state index contributed by atoms with van der Waals surface area (Å²) in [6.07, 6.45) is -0.605. The van der Waals surface area contributed by atoms with E-state index in [2.05, 4.69) is 0 Å². The highest BCUT2D eigenvalue weighted by Gasteiger charge is 2.12. The lowest BCUT2D eigenvalue weighted by atomic mass is 9.96. The molecule has 2 N–H and O–H groups in total. The Morgan fingerprint density at radius 1 is 1.20 bits per heavy atom. The van der Waals surface area contributed by atoms with Gasteiger partial charge in [0.2, 0.25) is 0 Å². The van der Waals surface area contributed by atoms with Crippen LogP contribution in [0.3, 0.4) is 0 Å². The van der Waals surface area contributed by atoms with Gasteiger partial charge in [0.15, 0.2) is 0 Å². The van der Waals surface area contributed by atoms with Crippen LogP contribution in [0.15, 0.2) is 24.3 Å². The molecule has 0 amide bonds. The van der Waals surface area contributed by atoms with E-state index >= 15 is 0 Å². The van der Waals surface area contributed by atoms with Crippen LogP contribution in [0.4, 0.5) is 5.69 Å². The van der Waals surface area contributed by atoms with Gasteiger partial charge in [-0.3, -0.25) is 0 Å². The fourth-order valence-corrected chi connectivity index (χ4v) is 1.23. The largest absolute Gasteiger partial charge is 0.550 e. The molecule has 0 aliphatic heterocycles. The number of hydrogen-bond donors (Lipinski definition) is 1. The monoisotopic (exact) mass is 207 g/mol. The number of carboxylic acid groups (broad SMARTS) is 2. The first-order valence-electron chi connectivity index (χ1n) is 4.27. The molecule has 5 nitrogen and oxygen atoms in total. The molecule has 0 fully saturated rings. The molecule has 0 saturated heterocycles. The Labute approximate surface area is 86.1 Å². The molecule has 1 aromatic rings. The lowest BCUT2D eigenvalue weighted by Crippen LogP contribution is -2.34. The van der Waals surface area contributed by atoms with E-state index in [1.165, 1.54) is 24.3 Å². The molecule has 0 saturated carbocycles. The summed E-state index contributed by atoms with van der Waals surface area (Å²) < 4.78 is 0. The standard InChI is InChI=1S/C10H11NO4/c11-7-3-1-6(2-4-7)8(10(14)15)5-9(12)13/h1-4,8H,5,11H2,(H,12,13)(H,14,15)/p-2/t8-/m0/s1. The van der Waals surface area contributed by atoms with Gasteiger partial charge in [-0.15, -0.1) is 0 Å². The SMILES string of the molecule is Nc1ccc([C@H](CC(=O)[O-])C(=O)[O-])cc1. The summed E-state index contributed by atoms with van der Waals surface area (Å²) in [5.74, 6) is -4.07. The van der Waals surface area contributed by atoms with Crippen molar-refractivity contribution >= 4 is 17.6 Å². The van der Waals surface area contributed by atoms with Crippen molar-refractivity contribution in [1.82, 2.24) is 0 Å². The Morgan fingerprint density at radius 2 is 1.73 bits per heavy atom. The van der Waals surface area contributed by atoms with Crippen molar-refractivity contribution in [3.05, 3.63) is 29.8 Å². The highest BCUT2D eigenvalue weighted by atomic mass is 16.4. The van der Waals surface area contributed by atoms with Crippen LogP contribution in [0.2, 0.25) is 0 Å². The van der Waals surface area contributed by atoms with Crippen LogP contribution in [-0.4, -0.2) is 11.9 Å². The zero-order valence-electron chi connectivity index (χ0n) is 7.80. The number of carboxylic acids is 2. The van der Waals surface area contributed by atoms with Gasteiger partial charge in [0.25, 0.3) is 0 Å². The summed E-state index contributed by atoms with van der Waals surface area (Å²) in [5, 5.41) is 21.0. The van der Waals surface area contributed by atoms with E-state index in [0.29, 0.717) is 11.3 Å². The van der Waals surface area contributed by atoms with Crippen LogP contribution < -0.4 is 15.9 Å². The van der Waals surface area contributed by atoms with Crippen molar-refractivity contribution in [2.45, 2.75) is 12.3 Å². The maximum Gasteiger partial charge on any atom is 0.0493 e. The fourth-order valence-electron chi connectivity index (χ4n) is 1.23. The number of benzene rings is 1. The van der Waals surface area contributed by atoms with Crippen LogP contribution >= 0.6 is 0 Å². The average molecular weight is 207 g/mol. The molecule has 0 radical (unpaired) electrons. The predicted molar refractivity (Wildman–Crippen MR) is 48.2 cm³/mol. The molecule has 0 bridgehead atoms. The summed E-state index contributed by atoms with van der Waals surface area (Å²) in [6, 6.07) is 5.92. The quantitative estimate of drug-likeness (QED) is 0.589. The first-order valence-corrected chi connectivity index (χ1v) is 4.27. The number of hydrogen-bond acceptors (Lipinski definition) is 5. The number of anilines is 1. The molecule has 0 aliphatic rings. The van der Waals surface area contributed by atoms with Crippen molar-refractivity contribution in [2.24, 2.45) is 0 Å². The molecule has 5 heteroatoms. The maximum absolute atomic E-state index is 10.7. The molecule has 15 heavy (non-hydrogen) atoms. The van der Waals surface area contributed by atoms with Crippen molar-refractivity contribution in [3.8, 4) is 0 Å². The van der Waals surface area contributed by atoms with E-state index in [-0.39, 0.29) is 0 Å². The number of aliphatic carboxylic acids is 2. The second-order valence-corrected chi connectivity index (χ2v) is 3.11. The van der Waals surface area contributed by atoms with Gasteiger partial charge in [-0.05, 0) is 24.1 Å². The van der Waals surface area contributed by atoms with Crippen molar-refractivity contribution in [2.75, 3.05) is 5.73 Å². The maximum atomic E-state index is 10.7. The molecule has 1 atom stereocenters. The zero-order valence-corrected chi connectivity index (χ0v) is 7.80. The van der Waals surface area contributed by atoms with E-state index in [0.717, 1.165) is 0 Å². The van der Waals surface area contributed by atoms with Gasteiger partial charge in [-0.25, -0.2) is 0 Å². The summed E-state index contributed by atoms with van der Waals surface area (Å²) in [6.45, 7) is 0. The van der Waals surface area contributed by atoms with Crippen LogP contribution in [0, 0.1) is 0 Å². The molecule has 1 aromatic carbocycles. The van der Waals surface area contributed by atoms with E-state index < -0.39 is 24.3 Å². The summed E-state index contributed by atoms with van der Waals surface area (Å²) in [4.78, 5) is 21.0. The van der Waals surface area contributed by atoms with Crippen molar-refractivity contribution in [1.29, 1.82) is 0 Å². The van der Waals surface area contributed by atoms with Gasteiger partial charge < -0.3 is 25.5 Å². The van der Waals surface area contributed by atoms with Crippen LogP contribution in [-0.2, 0) is 9.59 Å². The topological polar surface area (TPSA) is 106 Å². The smallest absolute Gasteiger partial charge is 0.0493 e. The third-order valence-electron chi connectivity index (χ3n) is 1.99. The Morgan fingerprint density at radius 3 is 2.13 bits per heavy atom. The van der Waals surface area contributed by atoms with Gasteiger partial charge in [-0.2, -0.15) is 0 Å². The summed E-state index contributed by atoms with van der Waals surface area (Å²) in [7, 11) is 0. The summed E-state index contributed by atoms with van der Waals surface area (Å²) in [5.41, 5.74) is 6.23. The number of nitrogen functional groups attached to an aromatic ring is 1. The molecule has 0 unspecified atom stereocenters. The Hall–Kier alpha value is -2.04. The molecule has 1 rings (SSSR count). The normalized spacial score (nSPS) is 12.0. The summed E-state index contributed by atoms with van der Waals surface area (Å²) >= 11 is 0. The predicted octanol–water partition coefficient (Wildman–Crippen LogP) is -1.76. The van der Waals surface area contributed by atoms with E-state index in [4.69, 9.17) is 5.73 Å².